The van der Waals surface area contributed by atoms with E-state index in [1.54, 1.807) is 30.0 Å². The van der Waals surface area contributed by atoms with Crippen LogP contribution in [0, 0.1) is 6.92 Å². The van der Waals surface area contributed by atoms with Gasteiger partial charge in [-0.3, -0.25) is 9.59 Å². The first-order valence-corrected chi connectivity index (χ1v) is 10.9. The van der Waals surface area contributed by atoms with E-state index in [2.05, 4.69) is 10.3 Å². The molecule has 2 heterocycles. The maximum atomic E-state index is 12.7. The van der Waals surface area contributed by atoms with E-state index in [4.69, 9.17) is 9.15 Å². The summed E-state index contributed by atoms with van der Waals surface area (Å²) in [7, 11) is 0. The zero-order chi connectivity index (χ0) is 19.9. The highest BCUT2D eigenvalue weighted by atomic mass is 32.2. The fraction of sp³-hybridized carbons (Fsp3) is 0.350. The second-order valence-corrected chi connectivity index (χ2v) is 8.19. The minimum absolute atomic E-state index is 0.253. The standard InChI is InChI=1S/C20H22N2O4S2/c1-3-25-17(23)9-6-10-21-19(24)18-15(12-28-20-22-13(2)11-27-20)14-7-4-5-8-16(14)26-18/h4-5,7-8,11H,3,6,9-10,12H2,1-2H3,(H,21,24). The molecule has 8 heteroatoms. The minimum atomic E-state index is -0.272. The van der Waals surface area contributed by atoms with Crippen molar-refractivity contribution in [2.75, 3.05) is 13.2 Å². The number of benzene rings is 1. The Morgan fingerprint density at radius 2 is 2.14 bits per heavy atom. The van der Waals surface area contributed by atoms with Crippen LogP contribution >= 0.6 is 23.1 Å². The van der Waals surface area contributed by atoms with Crippen molar-refractivity contribution < 1.29 is 18.7 Å². The number of thioether (sulfide) groups is 1. The number of para-hydroxylation sites is 1. The molecule has 1 amide bonds. The number of rotatable bonds is 9. The molecule has 0 atom stereocenters. The zero-order valence-corrected chi connectivity index (χ0v) is 17.5. The predicted molar refractivity (Wildman–Crippen MR) is 111 cm³/mol. The van der Waals surface area contributed by atoms with Gasteiger partial charge in [0, 0.05) is 40.7 Å². The Labute approximate surface area is 171 Å². The summed E-state index contributed by atoms with van der Waals surface area (Å²) < 4.78 is 11.7. The normalized spacial score (nSPS) is 10.9. The Kier molecular flexibility index (Phi) is 7.11. The predicted octanol–water partition coefficient (Wildman–Crippen LogP) is 4.56. The number of carbonyl (C=O) groups excluding carboxylic acids is 2. The number of ether oxygens (including phenoxy) is 1. The van der Waals surface area contributed by atoms with Crippen molar-refractivity contribution in [3.05, 3.63) is 46.7 Å². The van der Waals surface area contributed by atoms with E-state index in [1.165, 1.54) is 0 Å². The first-order chi connectivity index (χ1) is 13.6. The smallest absolute Gasteiger partial charge is 0.305 e. The quantitative estimate of drug-likeness (QED) is 0.312. The summed E-state index contributed by atoms with van der Waals surface area (Å²) in [4.78, 5) is 28.5. The van der Waals surface area contributed by atoms with E-state index >= 15 is 0 Å². The van der Waals surface area contributed by atoms with Gasteiger partial charge in [-0.2, -0.15) is 0 Å². The van der Waals surface area contributed by atoms with Gasteiger partial charge < -0.3 is 14.5 Å². The molecular formula is C20H22N2O4S2. The van der Waals surface area contributed by atoms with Crippen LogP contribution in [0.1, 0.15) is 41.6 Å². The number of aromatic nitrogens is 1. The number of amides is 1. The van der Waals surface area contributed by atoms with Crippen LogP contribution in [0.15, 0.2) is 38.4 Å². The summed E-state index contributed by atoms with van der Waals surface area (Å²) in [6.07, 6.45) is 0.799. The Balaban J connectivity index is 1.68. The number of nitrogens with zero attached hydrogens (tertiary/aromatic N) is 1. The summed E-state index contributed by atoms with van der Waals surface area (Å²) in [5.41, 5.74) is 2.53. The number of esters is 1. The van der Waals surface area contributed by atoms with Crippen LogP contribution in [0.2, 0.25) is 0 Å². The minimum Gasteiger partial charge on any atom is -0.466 e. The van der Waals surface area contributed by atoms with Crippen molar-refractivity contribution in [3.8, 4) is 0 Å². The molecule has 148 valence electrons. The van der Waals surface area contributed by atoms with Crippen LogP contribution in [-0.2, 0) is 15.3 Å². The van der Waals surface area contributed by atoms with Crippen molar-refractivity contribution in [1.82, 2.24) is 10.3 Å². The highest BCUT2D eigenvalue weighted by Gasteiger charge is 2.20. The number of hydrogen-bond donors (Lipinski definition) is 1. The third-order valence-corrected chi connectivity index (χ3v) is 6.16. The molecule has 0 spiro atoms. The fourth-order valence-corrected chi connectivity index (χ4v) is 4.58. The van der Waals surface area contributed by atoms with Crippen molar-refractivity contribution in [1.29, 1.82) is 0 Å². The average molecular weight is 419 g/mol. The van der Waals surface area contributed by atoms with Gasteiger partial charge >= 0.3 is 5.97 Å². The van der Waals surface area contributed by atoms with Crippen molar-refractivity contribution in [2.45, 2.75) is 36.8 Å². The van der Waals surface area contributed by atoms with Crippen LogP contribution in [0.25, 0.3) is 11.0 Å². The van der Waals surface area contributed by atoms with Crippen LogP contribution in [0.4, 0.5) is 0 Å². The van der Waals surface area contributed by atoms with E-state index in [-0.39, 0.29) is 18.3 Å². The van der Waals surface area contributed by atoms with Gasteiger partial charge in [0.25, 0.3) is 5.91 Å². The van der Waals surface area contributed by atoms with Crippen LogP contribution in [0.3, 0.4) is 0 Å². The van der Waals surface area contributed by atoms with Gasteiger partial charge in [-0.15, -0.1) is 11.3 Å². The summed E-state index contributed by atoms with van der Waals surface area (Å²) in [6, 6.07) is 7.63. The van der Waals surface area contributed by atoms with Crippen molar-refractivity contribution in [2.24, 2.45) is 0 Å². The molecule has 3 rings (SSSR count). The van der Waals surface area contributed by atoms with E-state index in [1.807, 2.05) is 36.6 Å². The van der Waals surface area contributed by atoms with Crippen molar-refractivity contribution >= 4 is 45.9 Å². The zero-order valence-electron chi connectivity index (χ0n) is 15.8. The molecule has 0 bridgehead atoms. The van der Waals surface area contributed by atoms with Crippen LogP contribution in [0.5, 0.6) is 0 Å². The molecule has 0 unspecified atom stereocenters. The highest BCUT2D eigenvalue weighted by Crippen LogP contribution is 2.33. The summed E-state index contributed by atoms with van der Waals surface area (Å²) in [5, 5.41) is 5.77. The molecule has 1 aromatic carbocycles. The molecule has 0 saturated carbocycles. The van der Waals surface area contributed by atoms with Crippen LogP contribution in [-0.4, -0.2) is 30.0 Å². The van der Waals surface area contributed by atoms with Gasteiger partial charge in [-0.1, -0.05) is 30.0 Å². The first kappa shape index (κ1) is 20.4. The largest absolute Gasteiger partial charge is 0.466 e. The molecular weight excluding hydrogens is 396 g/mol. The van der Waals surface area contributed by atoms with Gasteiger partial charge in [0.2, 0.25) is 0 Å². The van der Waals surface area contributed by atoms with Crippen molar-refractivity contribution in [3.63, 3.8) is 0 Å². The molecule has 3 aromatic rings. The number of hydrogen-bond acceptors (Lipinski definition) is 7. The molecule has 28 heavy (non-hydrogen) atoms. The number of fused-ring (bicyclic) bond motifs is 1. The number of furan rings is 1. The number of thiazole rings is 1. The highest BCUT2D eigenvalue weighted by molar-refractivity contribution is 8.00. The summed E-state index contributed by atoms with van der Waals surface area (Å²) >= 11 is 3.18. The van der Waals surface area contributed by atoms with E-state index in [9.17, 15) is 9.59 Å². The van der Waals surface area contributed by atoms with E-state index < -0.39 is 0 Å². The Bertz CT molecular complexity index is 964. The summed E-state index contributed by atoms with van der Waals surface area (Å²) in [6.45, 7) is 4.48. The van der Waals surface area contributed by atoms with Gasteiger partial charge in [0.1, 0.15) is 9.92 Å². The lowest BCUT2D eigenvalue weighted by Gasteiger charge is -2.05. The molecule has 2 aromatic heterocycles. The Morgan fingerprint density at radius 1 is 1.32 bits per heavy atom. The lowest BCUT2D eigenvalue weighted by molar-refractivity contribution is -0.143. The third kappa shape index (κ3) is 5.14. The summed E-state index contributed by atoms with van der Waals surface area (Å²) in [5.74, 6) is 0.385. The molecule has 0 aliphatic rings. The molecule has 0 saturated heterocycles. The Hall–Kier alpha value is -2.32. The van der Waals surface area contributed by atoms with E-state index in [0.29, 0.717) is 36.7 Å². The van der Waals surface area contributed by atoms with Gasteiger partial charge in [0.15, 0.2) is 5.76 Å². The number of aryl methyl sites for hydroxylation is 1. The first-order valence-electron chi connectivity index (χ1n) is 9.07. The Morgan fingerprint density at radius 3 is 2.89 bits per heavy atom. The lowest BCUT2D eigenvalue weighted by atomic mass is 10.1. The lowest BCUT2D eigenvalue weighted by Crippen LogP contribution is -2.25. The maximum Gasteiger partial charge on any atom is 0.305 e. The average Bonchev–Trinajstić information content (AvgIpc) is 3.27. The molecule has 0 aliphatic heterocycles. The third-order valence-electron chi connectivity index (χ3n) is 3.99. The number of carbonyl (C=O) groups is 2. The number of nitrogens with one attached hydrogen (secondary N) is 1. The second-order valence-electron chi connectivity index (χ2n) is 6.11. The second kappa shape index (κ2) is 9.75. The molecule has 6 nitrogen and oxygen atoms in total. The van der Waals surface area contributed by atoms with Gasteiger partial charge in [0.05, 0.1) is 6.61 Å². The van der Waals surface area contributed by atoms with E-state index in [0.717, 1.165) is 21.0 Å². The van der Waals surface area contributed by atoms with Crippen LogP contribution < -0.4 is 5.32 Å². The fourth-order valence-electron chi connectivity index (χ4n) is 2.71. The SMILES string of the molecule is CCOC(=O)CCCNC(=O)c1oc2ccccc2c1CSc1nc(C)cs1. The monoisotopic (exact) mass is 418 g/mol. The van der Waals surface area contributed by atoms with Gasteiger partial charge in [-0.25, -0.2) is 4.98 Å². The molecule has 1 N–H and O–H groups in total. The maximum absolute atomic E-state index is 12.7. The molecule has 0 aliphatic carbocycles. The molecule has 0 radical (unpaired) electrons. The molecule has 0 fully saturated rings. The topological polar surface area (TPSA) is 81.4 Å². The van der Waals surface area contributed by atoms with Gasteiger partial charge in [-0.05, 0) is 26.3 Å².